The number of phenolic OH excluding ortho intramolecular Hbond substituents is 1. The first-order valence-electron chi connectivity index (χ1n) is 11.7. The van der Waals surface area contributed by atoms with Crippen LogP contribution in [0.25, 0.3) is 16.3 Å². The van der Waals surface area contributed by atoms with E-state index in [2.05, 4.69) is 40.6 Å². The number of carbonyl (C=O) groups is 1. The quantitative estimate of drug-likeness (QED) is 0.372. The monoisotopic (exact) mass is 448 g/mol. The van der Waals surface area contributed by atoms with Crippen molar-refractivity contribution in [3.8, 4) is 5.75 Å². The van der Waals surface area contributed by atoms with Gasteiger partial charge in [0.05, 0.1) is 5.56 Å². The maximum atomic E-state index is 13.2. The second-order valence-electron chi connectivity index (χ2n) is 8.82. The number of rotatable bonds is 5. The molecule has 0 spiro atoms. The molecule has 4 heteroatoms. The summed E-state index contributed by atoms with van der Waals surface area (Å²) >= 11 is 0. The Morgan fingerprint density at radius 1 is 0.971 bits per heavy atom. The molecule has 1 aliphatic rings. The van der Waals surface area contributed by atoms with E-state index < -0.39 is 0 Å². The van der Waals surface area contributed by atoms with Crippen molar-refractivity contribution in [2.45, 2.75) is 19.9 Å². The van der Waals surface area contributed by atoms with E-state index in [9.17, 15) is 9.90 Å². The summed E-state index contributed by atoms with van der Waals surface area (Å²) in [5.74, 6) is -0.244. The second-order valence-corrected chi connectivity index (χ2v) is 8.82. The van der Waals surface area contributed by atoms with Crippen LogP contribution in [0.15, 0.2) is 91.0 Å². The Balaban J connectivity index is 1.44. The molecule has 0 fully saturated rings. The number of phenols is 1. The topological polar surface area (TPSA) is 52.6 Å². The number of fused-ring (bicyclic) bond motifs is 1. The Hall–Kier alpha value is -3.89. The lowest BCUT2D eigenvalue weighted by molar-refractivity contribution is 0.102. The van der Waals surface area contributed by atoms with Crippen LogP contribution in [-0.2, 0) is 6.54 Å². The van der Waals surface area contributed by atoms with Gasteiger partial charge in [-0.25, -0.2) is 0 Å². The van der Waals surface area contributed by atoms with E-state index in [4.69, 9.17) is 0 Å². The van der Waals surface area contributed by atoms with Crippen molar-refractivity contribution in [1.82, 2.24) is 4.90 Å². The predicted octanol–water partition coefficient (Wildman–Crippen LogP) is 6.40. The van der Waals surface area contributed by atoms with Crippen LogP contribution in [-0.4, -0.2) is 29.0 Å². The van der Waals surface area contributed by atoms with E-state index in [1.807, 2.05) is 61.5 Å². The van der Waals surface area contributed by atoms with E-state index in [0.717, 1.165) is 47.1 Å². The minimum absolute atomic E-state index is 0.0580. The number of carbonyl (C=O) groups excluding carboxylic acids is 1. The normalized spacial score (nSPS) is 14.1. The highest BCUT2D eigenvalue weighted by atomic mass is 16.3. The van der Waals surface area contributed by atoms with Crippen LogP contribution < -0.4 is 5.32 Å². The molecule has 1 aliphatic heterocycles. The van der Waals surface area contributed by atoms with Crippen LogP contribution >= 0.6 is 0 Å². The van der Waals surface area contributed by atoms with Gasteiger partial charge in [0.15, 0.2) is 0 Å². The molecule has 0 aliphatic carbocycles. The highest BCUT2D eigenvalue weighted by Crippen LogP contribution is 2.34. The van der Waals surface area contributed by atoms with E-state index >= 15 is 0 Å². The van der Waals surface area contributed by atoms with Crippen LogP contribution in [0, 0.1) is 6.92 Å². The van der Waals surface area contributed by atoms with Crippen LogP contribution in [0.4, 0.5) is 5.69 Å². The maximum absolute atomic E-state index is 13.2. The highest BCUT2D eigenvalue weighted by molar-refractivity contribution is 6.09. The summed E-state index contributed by atoms with van der Waals surface area (Å²) in [6.45, 7) is 4.23. The van der Waals surface area contributed by atoms with E-state index in [1.165, 1.54) is 11.1 Å². The number of para-hydroxylation sites is 1. The van der Waals surface area contributed by atoms with Gasteiger partial charge in [-0.2, -0.15) is 0 Å². The van der Waals surface area contributed by atoms with Crippen molar-refractivity contribution in [1.29, 1.82) is 0 Å². The maximum Gasteiger partial charge on any atom is 0.259 e. The molecular formula is C30H28N2O2. The van der Waals surface area contributed by atoms with Gasteiger partial charge in [-0.15, -0.1) is 0 Å². The Labute approximate surface area is 200 Å². The van der Waals surface area contributed by atoms with Crippen molar-refractivity contribution in [2.24, 2.45) is 0 Å². The molecule has 0 unspecified atom stereocenters. The molecule has 4 aromatic carbocycles. The lowest BCUT2D eigenvalue weighted by atomic mass is 9.96. The van der Waals surface area contributed by atoms with Crippen molar-refractivity contribution in [3.05, 3.63) is 113 Å². The van der Waals surface area contributed by atoms with Crippen molar-refractivity contribution < 1.29 is 9.90 Å². The number of aryl methyl sites for hydroxylation is 1. The first kappa shape index (κ1) is 21.9. The predicted molar refractivity (Wildman–Crippen MR) is 139 cm³/mol. The largest absolute Gasteiger partial charge is 0.507 e. The van der Waals surface area contributed by atoms with Gasteiger partial charge in [0.25, 0.3) is 5.91 Å². The molecule has 0 saturated heterocycles. The third-order valence-electron chi connectivity index (χ3n) is 6.58. The summed E-state index contributed by atoms with van der Waals surface area (Å²) in [7, 11) is 0. The Morgan fingerprint density at radius 3 is 2.47 bits per heavy atom. The molecule has 0 aromatic heterocycles. The van der Waals surface area contributed by atoms with E-state index in [0.29, 0.717) is 12.1 Å². The summed E-state index contributed by atoms with van der Waals surface area (Å²) < 4.78 is 0. The van der Waals surface area contributed by atoms with Gasteiger partial charge in [-0.1, -0.05) is 78.9 Å². The summed E-state index contributed by atoms with van der Waals surface area (Å²) in [6.07, 6.45) is 3.23. The lowest BCUT2D eigenvalue weighted by Crippen LogP contribution is -2.28. The molecule has 0 radical (unpaired) electrons. The van der Waals surface area contributed by atoms with Crippen molar-refractivity contribution in [3.63, 3.8) is 0 Å². The molecule has 0 bridgehead atoms. The van der Waals surface area contributed by atoms with Gasteiger partial charge < -0.3 is 10.4 Å². The smallest absolute Gasteiger partial charge is 0.259 e. The molecule has 170 valence electrons. The minimum atomic E-state index is -0.302. The Kier molecular flexibility index (Phi) is 6.15. The van der Waals surface area contributed by atoms with Crippen LogP contribution in [0.2, 0.25) is 0 Å². The first-order chi connectivity index (χ1) is 16.6. The zero-order valence-electron chi connectivity index (χ0n) is 19.3. The fourth-order valence-corrected chi connectivity index (χ4v) is 4.64. The average molecular weight is 449 g/mol. The minimum Gasteiger partial charge on any atom is -0.507 e. The molecular weight excluding hydrogens is 420 g/mol. The Morgan fingerprint density at radius 2 is 1.71 bits per heavy atom. The molecule has 1 amide bonds. The van der Waals surface area contributed by atoms with Gasteiger partial charge >= 0.3 is 0 Å². The number of hydrogen-bond acceptors (Lipinski definition) is 3. The van der Waals surface area contributed by atoms with Crippen LogP contribution in [0.5, 0.6) is 5.75 Å². The third-order valence-corrected chi connectivity index (χ3v) is 6.58. The number of hydrogen-bond donors (Lipinski definition) is 2. The van der Waals surface area contributed by atoms with Gasteiger partial charge in [-0.3, -0.25) is 9.69 Å². The molecule has 5 rings (SSSR count). The van der Waals surface area contributed by atoms with Gasteiger partial charge in [0.2, 0.25) is 0 Å². The molecule has 4 aromatic rings. The van der Waals surface area contributed by atoms with Gasteiger partial charge in [-0.05, 0) is 52.9 Å². The van der Waals surface area contributed by atoms with E-state index in [-0.39, 0.29) is 11.7 Å². The second kappa shape index (κ2) is 9.54. The molecule has 4 nitrogen and oxygen atoms in total. The zero-order chi connectivity index (χ0) is 23.5. The SMILES string of the molecule is Cc1ccccc1NC(=O)c1cc2ccccc2c(CN2CC=C(c3ccccc3)CC2)c1O. The summed E-state index contributed by atoms with van der Waals surface area (Å²) in [4.78, 5) is 15.5. The number of aromatic hydroxyl groups is 1. The standard InChI is InChI=1S/C30H28N2O2/c1-21-9-5-8-14-28(21)31-30(34)26-19-24-12-6-7-13-25(24)27(29(26)33)20-32-17-15-23(16-18-32)22-10-3-2-4-11-22/h2-15,19,33H,16-18,20H2,1H3,(H,31,34). The number of nitrogens with one attached hydrogen (secondary N) is 1. The Bertz CT molecular complexity index is 1380. The number of amides is 1. The van der Waals surface area contributed by atoms with Crippen LogP contribution in [0.1, 0.15) is 33.5 Å². The number of benzene rings is 4. The highest BCUT2D eigenvalue weighted by Gasteiger charge is 2.21. The van der Waals surface area contributed by atoms with Crippen molar-refractivity contribution >= 4 is 27.9 Å². The number of anilines is 1. The molecule has 1 heterocycles. The first-order valence-corrected chi connectivity index (χ1v) is 11.7. The lowest BCUT2D eigenvalue weighted by Gasteiger charge is -2.27. The fourth-order valence-electron chi connectivity index (χ4n) is 4.64. The molecule has 0 saturated carbocycles. The van der Waals surface area contributed by atoms with Gasteiger partial charge in [0, 0.05) is 30.9 Å². The molecule has 0 atom stereocenters. The van der Waals surface area contributed by atoms with Crippen molar-refractivity contribution in [2.75, 3.05) is 18.4 Å². The zero-order valence-corrected chi connectivity index (χ0v) is 19.3. The summed E-state index contributed by atoms with van der Waals surface area (Å²) in [5.41, 5.74) is 5.45. The third kappa shape index (κ3) is 4.45. The fraction of sp³-hybridized carbons (Fsp3) is 0.167. The van der Waals surface area contributed by atoms with Crippen LogP contribution in [0.3, 0.4) is 0 Å². The molecule has 34 heavy (non-hydrogen) atoms. The van der Waals surface area contributed by atoms with Gasteiger partial charge in [0.1, 0.15) is 5.75 Å². The molecule has 2 N–H and O–H groups in total. The summed E-state index contributed by atoms with van der Waals surface area (Å²) in [6, 6.07) is 27.9. The van der Waals surface area contributed by atoms with E-state index in [1.54, 1.807) is 6.07 Å². The number of nitrogens with zero attached hydrogens (tertiary/aromatic N) is 1. The average Bonchev–Trinajstić information content (AvgIpc) is 2.88. The summed E-state index contributed by atoms with van der Waals surface area (Å²) in [5, 5.41) is 16.2.